The van der Waals surface area contributed by atoms with Crippen molar-refractivity contribution >= 4 is 0 Å². The van der Waals surface area contributed by atoms with Crippen LogP contribution in [0.5, 0.6) is 0 Å². The van der Waals surface area contributed by atoms with Crippen molar-refractivity contribution in [2.75, 3.05) is 13.7 Å². The van der Waals surface area contributed by atoms with Gasteiger partial charge in [0.05, 0.1) is 17.8 Å². The van der Waals surface area contributed by atoms with E-state index in [9.17, 15) is 0 Å². The minimum atomic E-state index is -0.188. The number of hydrogen-bond donors (Lipinski definition) is 0. The largest absolute Gasteiger partial charge is 0.382 e. The van der Waals surface area contributed by atoms with Crippen molar-refractivity contribution in [1.29, 1.82) is 0 Å². The van der Waals surface area contributed by atoms with E-state index >= 15 is 0 Å². The number of methoxy groups -OCH3 is 1. The molecule has 11 heavy (non-hydrogen) atoms. The molecule has 0 bridgehead atoms. The number of ether oxygens (including phenoxy) is 2. The zero-order chi connectivity index (χ0) is 9.12. The molecule has 68 valence electrons. The van der Waals surface area contributed by atoms with E-state index in [2.05, 4.69) is 0 Å². The van der Waals surface area contributed by atoms with Gasteiger partial charge < -0.3 is 9.47 Å². The Kier molecular flexibility index (Phi) is 3.52. The Morgan fingerprint density at radius 2 is 1.45 bits per heavy atom. The van der Waals surface area contributed by atoms with Crippen molar-refractivity contribution in [2.24, 2.45) is 0 Å². The monoisotopic (exact) mass is 160 g/mol. The van der Waals surface area contributed by atoms with Gasteiger partial charge in [-0.1, -0.05) is 0 Å². The molecular formula is C9H20O2. The van der Waals surface area contributed by atoms with Crippen LogP contribution in [0.2, 0.25) is 0 Å². The maximum atomic E-state index is 5.74. The van der Waals surface area contributed by atoms with Crippen molar-refractivity contribution in [3.05, 3.63) is 0 Å². The lowest BCUT2D eigenvalue weighted by molar-refractivity contribution is -0.138. The van der Waals surface area contributed by atoms with E-state index in [1.165, 1.54) is 0 Å². The minimum absolute atomic E-state index is 0.0952. The van der Waals surface area contributed by atoms with Gasteiger partial charge in [-0.05, 0) is 34.6 Å². The lowest BCUT2D eigenvalue weighted by Crippen LogP contribution is -2.38. The van der Waals surface area contributed by atoms with Crippen molar-refractivity contribution in [2.45, 2.75) is 45.8 Å². The second-order valence-electron chi connectivity index (χ2n) is 4.41. The fourth-order valence-corrected chi connectivity index (χ4v) is 1.21. The van der Waals surface area contributed by atoms with Gasteiger partial charge in [0.1, 0.15) is 0 Å². The Morgan fingerprint density at radius 3 is 1.73 bits per heavy atom. The first-order valence-corrected chi connectivity index (χ1v) is 3.96. The maximum absolute atomic E-state index is 5.74. The van der Waals surface area contributed by atoms with E-state index in [1.807, 2.05) is 34.6 Å². The van der Waals surface area contributed by atoms with E-state index in [4.69, 9.17) is 9.47 Å². The standard InChI is InChI=1S/C9H20O2/c1-8(2,3)11-9(4,5)7-10-6/h7H2,1-6H3. The smallest absolute Gasteiger partial charge is 0.0865 e. The van der Waals surface area contributed by atoms with Crippen LogP contribution in [0.25, 0.3) is 0 Å². The fraction of sp³-hybridized carbons (Fsp3) is 1.00. The van der Waals surface area contributed by atoms with Crippen LogP contribution in [0, 0.1) is 0 Å². The third kappa shape index (κ3) is 6.32. The molecule has 0 aromatic heterocycles. The highest BCUT2D eigenvalue weighted by Gasteiger charge is 2.25. The molecule has 0 radical (unpaired) electrons. The summed E-state index contributed by atoms with van der Waals surface area (Å²) in [6, 6.07) is 0. The topological polar surface area (TPSA) is 18.5 Å². The normalized spacial score (nSPS) is 13.6. The Morgan fingerprint density at radius 1 is 1.00 bits per heavy atom. The van der Waals surface area contributed by atoms with Crippen LogP contribution < -0.4 is 0 Å². The average molecular weight is 160 g/mol. The zero-order valence-corrected chi connectivity index (χ0v) is 8.52. The van der Waals surface area contributed by atoms with Gasteiger partial charge in [-0.25, -0.2) is 0 Å². The van der Waals surface area contributed by atoms with E-state index in [0.29, 0.717) is 6.61 Å². The minimum Gasteiger partial charge on any atom is -0.382 e. The molecule has 0 heterocycles. The quantitative estimate of drug-likeness (QED) is 0.630. The Labute approximate surface area is 69.9 Å². The highest BCUT2D eigenvalue weighted by atomic mass is 16.6. The summed E-state index contributed by atoms with van der Waals surface area (Å²) >= 11 is 0. The molecule has 0 aliphatic heterocycles. The molecule has 0 amide bonds. The third-order valence-electron chi connectivity index (χ3n) is 1.07. The summed E-state index contributed by atoms with van der Waals surface area (Å²) in [5.41, 5.74) is -0.283. The zero-order valence-electron chi connectivity index (χ0n) is 8.52. The average Bonchev–Trinajstić information content (AvgIpc) is 1.55. The van der Waals surface area contributed by atoms with Gasteiger partial charge in [0, 0.05) is 7.11 Å². The second-order valence-corrected chi connectivity index (χ2v) is 4.41. The summed E-state index contributed by atoms with van der Waals surface area (Å²) in [4.78, 5) is 0. The molecule has 2 heteroatoms. The first-order valence-electron chi connectivity index (χ1n) is 3.96. The van der Waals surface area contributed by atoms with Gasteiger partial charge in [0.25, 0.3) is 0 Å². The molecule has 0 fully saturated rings. The summed E-state index contributed by atoms with van der Waals surface area (Å²) in [7, 11) is 1.69. The number of rotatable bonds is 3. The molecule has 0 rings (SSSR count). The first kappa shape index (κ1) is 10.9. The Hall–Kier alpha value is -0.0800. The molecule has 0 aliphatic rings. The summed E-state index contributed by atoms with van der Waals surface area (Å²) in [6.45, 7) is 10.8. The molecule has 0 N–H and O–H groups in total. The van der Waals surface area contributed by atoms with Crippen LogP contribution in [-0.4, -0.2) is 24.9 Å². The SMILES string of the molecule is COCC(C)(C)OC(C)(C)C. The van der Waals surface area contributed by atoms with Crippen molar-refractivity contribution in [3.8, 4) is 0 Å². The predicted octanol–water partition coefficient (Wildman–Crippen LogP) is 2.23. The van der Waals surface area contributed by atoms with Crippen molar-refractivity contribution in [1.82, 2.24) is 0 Å². The highest BCUT2D eigenvalue weighted by molar-refractivity contribution is 4.73. The molecule has 0 atom stereocenters. The summed E-state index contributed by atoms with van der Waals surface area (Å²) in [5, 5.41) is 0. The maximum Gasteiger partial charge on any atom is 0.0865 e. The molecule has 0 spiro atoms. The molecule has 0 aromatic rings. The van der Waals surface area contributed by atoms with E-state index < -0.39 is 0 Å². The van der Waals surface area contributed by atoms with Crippen LogP contribution in [-0.2, 0) is 9.47 Å². The van der Waals surface area contributed by atoms with Crippen LogP contribution in [0.3, 0.4) is 0 Å². The summed E-state index contributed by atoms with van der Waals surface area (Å²) in [6.07, 6.45) is 0. The molecule has 0 aliphatic carbocycles. The van der Waals surface area contributed by atoms with Gasteiger partial charge in [-0.2, -0.15) is 0 Å². The summed E-state index contributed by atoms with van der Waals surface area (Å²) in [5.74, 6) is 0. The van der Waals surface area contributed by atoms with Crippen molar-refractivity contribution in [3.63, 3.8) is 0 Å². The molecule has 0 saturated heterocycles. The highest BCUT2D eigenvalue weighted by Crippen LogP contribution is 2.19. The van der Waals surface area contributed by atoms with Crippen molar-refractivity contribution < 1.29 is 9.47 Å². The van der Waals surface area contributed by atoms with Gasteiger partial charge in [0.15, 0.2) is 0 Å². The van der Waals surface area contributed by atoms with Crippen LogP contribution in [0.4, 0.5) is 0 Å². The third-order valence-corrected chi connectivity index (χ3v) is 1.07. The molecule has 2 nitrogen and oxygen atoms in total. The molecule has 0 unspecified atom stereocenters. The van der Waals surface area contributed by atoms with Gasteiger partial charge in [-0.3, -0.25) is 0 Å². The van der Waals surface area contributed by atoms with Crippen LogP contribution in [0.15, 0.2) is 0 Å². The van der Waals surface area contributed by atoms with Gasteiger partial charge in [-0.15, -0.1) is 0 Å². The Balaban J connectivity index is 3.91. The van der Waals surface area contributed by atoms with E-state index in [-0.39, 0.29) is 11.2 Å². The van der Waals surface area contributed by atoms with E-state index in [0.717, 1.165) is 0 Å². The molecule has 0 aromatic carbocycles. The van der Waals surface area contributed by atoms with Crippen LogP contribution in [0.1, 0.15) is 34.6 Å². The van der Waals surface area contributed by atoms with E-state index in [1.54, 1.807) is 7.11 Å². The molecule has 0 saturated carbocycles. The first-order chi connectivity index (χ1) is 4.77. The predicted molar refractivity (Wildman–Crippen MR) is 46.8 cm³/mol. The summed E-state index contributed by atoms with van der Waals surface area (Å²) < 4.78 is 10.8. The molecular weight excluding hydrogens is 140 g/mol. The van der Waals surface area contributed by atoms with Crippen LogP contribution >= 0.6 is 0 Å². The number of hydrogen-bond acceptors (Lipinski definition) is 2. The van der Waals surface area contributed by atoms with Gasteiger partial charge >= 0.3 is 0 Å². The Bertz CT molecular complexity index is 111. The van der Waals surface area contributed by atoms with Gasteiger partial charge in [0.2, 0.25) is 0 Å². The lowest BCUT2D eigenvalue weighted by atomic mass is 10.1. The fourth-order valence-electron chi connectivity index (χ4n) is 1.21. The lowest BCUT2D eigenvalue weighted by Gasteiger charge is -2.33. The second kappa shape index (κ2) is 3.55.